The van der Waals surface area contributed by atoms with E-state index in [0.29, 0.717) is 36.1 Å². The number of H-pyrrole nitrogens is 1. The Morgan fingerprint density at radius 1 is 1.23 bits per heavy atom. The molecule has 0 radical (unpaired) electrons. The summed E-state index contributed by atoms with van der Waals surface area (Å²) in [5.74, 6) is 0.982. The lowest BCUT2D eigenvalue weighted by atomic mass is 9.98. The number of aromatic amines is 1. The number of rotatable bonds is 3. The zero-order valence-electron chi connectivity index (χ0n) is 13.9. The van der Waals surface area contributed by atoms with Crippen LogP contribution in [0.4, 0.5) is 0 Å². The van der Waals surface area contributed by atoms with Crippen LogP contribution in [0.25, 0.3) is 5.69 Å². The van der Waals surface area contributed by atoms with E-state index in [9.17, 15) is 14.4 Å². The minimum atomic E-state index is -0.401. The van der Waals surface area contributed by atoms with E-state index in [0.717, 1.165) is 10.7 Å². The summed E-state index contributed by atoms with van der Waals surface area (Å²) in [6.07, 6.45) is 0. The molecular weight excluding hydrogens is 338 g/mol. The third kappa shape index (κ3) is 2.83. The second-order valence-electron chi connectivity index (χ2n) is 6.12. The Balaban J connectivity index is 1.54. The van der Waals surface area contributed by atoms with Crippen LogP contribution in [-0.4, -0.2) is 43.8 Å². The van der Waals surface area contributed by atoms with Crippen LogP contribution >= 0.6 is 0 Å². The number of aryl methyl sites for hydroxylation is 1. The highest BCUT2D eigenvalue weighted by Gasteiger charge is 2.35. The number of likely N-dealkylation sites (tertiary alicyclic amines) is 1. The van der Waals surface area contributed by atoms with Gasteiger partial charge in [-0.25, -0.2) is 4.68 Å². The van der Waals surface area contributed by atoms with Gasteiger partial charge in [-0.1, -0.05) is 11.2 Å². The van der Waals surface area contributed by atoms with Crippen LogP contribution < -0.4 is 11.1 Å². The van der Waals surface area contributed by atoms with Crippen molar-refractivity contribution < 1.29 is 9.32 Å². The van der Waals surface area contributed by atoms with E-state index >= 15 is 0 Å². The molecule has 1 saturated heterocycles. The number of nitrogens with zero attached hydrogens (tertiary/aromatic N) is 4. The lowest BCUT2D eigenvalue weighted by molar-refractivity contribution is 0.0569. The molecule has 1 aliphatic rings. The number of amides is 1. The van der Waals surface area contributed by atoms with E-state index in [1.165, 1.54) is 6.07 Å². The summed E-state index contributed by atoms with van der Waals surface area (Å²) in [7, 11) is 0. The zero-order valence-corrected chi connectivity index (χ0v) is 13.9. The molecule has 0 saturated carbocycles. The smallest absolute Gasteiger partial charge is 0.269 e. The van der Waals surface area contributed by atoms with Crippen LogP contribution in [0.1, 0.15) is 28.0 Å². The fourth-order valence-corrected chi connectivity index (χ4v) is 2.86. The van der Waals surface area contributed by atoms with Gasteiger partial charge in [0.05, 0.1) is 11.6 Å². The number of nitrogens with one attached hydrogen (secondary N) is 1. The van der Waals surface area contributed by atoms with Crippen molar-refractivity contribution in [2.24, 2.45) is 0 Å². The Kier molecular flexibility index (Phi) is 3.76. The van der Waals surface area contributed by atoms with Gasteiger partial charge in [0, 0.05) is 30.8 Å². The normalized spacial score (nSPS) is 14.3. The number of aromatic nitrogens is 4. The Morgan fingerprint density at radius 2 is 2.04 bits per heavy atom. The van der Waals surface area contributed by atoms with E-state index in [4.69, 9.17) is 4.52 Å². The maximum Gasteiger partial charge on any atom is 0.269 e. The van der Waals surface area contributed by atoms with Gasteiger partial charge in [0.1, 0.15) is 0 Å². The van der Waals surface area contributed by atoms with Crippen molar-refractivity contribution in [3.05, 3.63) is 74.4 Å². The Hall–Kier alpha value is -3.49. The molecular formula is C17H15N5O4. The molecule has 9 nitrogen and oxygen atoms in total. The maximum atomic E-state index is 12.6. The maximum absolute atomic E-state index is 12.6. The largest absolute Gasteiger partial charge is 0.339 e. The molecule has 0 bridgehead atoms. The first-order chi connectivity index (χ1) is 12.5. The van der Waals surface area contributed by atoms with Gasteiger partial charge in [0.25, 0.3) is 17.0 Å². The Morgan fingerprint density at radius 3 is 2.77 bits per heavy atom. The van der Waals surface area contributed by atoms with Gasteiger partial charge >= 0.3 is 0 Å². The van der Waals surface area contributed by atoms with Gasteiger partial charge in [0.2, 0.25) is 5.89 Å². The molecule has 4 rings (SSSR count). The van der Waals surface area contributed by atoms with Crippen molar-refractivity contribution in [2.45, 2.75) is 12.8 Å². The van der Waals surface area contributed by atoms with Gasteiger partial charge in [-0.2, -0.15) is 4.98 Å². The van der Waals surface area contributed by atoms with E-state index in [1.807, 2.05) is 0 Å². The van der Waals surface area contributed by atoms with Crippen molar-refractivity contribution in [3.63, 3.8) is 0 Å². The van der Waals surface area contributed by atoms with Gasteiger partial charge in [-0.05, 0) is 25.1 Å². The Labute approximate surface area is 146 Å². The summed E-state index contributed by atoms with van der Waals surface area (Å²) in [6.45, 7) is 2.73. The molecule has 2 aromatic heterocycles. The summed E-state index contributed by atoms with van der Waals surface area (Å²) in [5, 5.41) is 6.20. The van der Waals surface area contributed by atoms with Crippen LogP contribution in [0.3, 0.4) is 0 Å². The van der Waals surface area contributed by atoms with Crippen molar-refractivity contribution in [3.8, 4) is 5.69 Å². The summed E-state index contributed by atoms with van der Waals surface area (Å²) in [4.78, 5) is 41.9. The van der Waals surface area contributed by atoms with E-state index in [-0.39, 0.29) is 17.4 Å². The first kappa shape index (κ1) is 16.0. The van der Waals surface area contributed by atoms with Gasteiger partial charge in [-0.3, -0.25) is 19.5 Å². The average Bonchev–Trinajstić information content (AvgIpc) is 3.01. The van der Waals surface area contributed by atoms with E-state index < -0.39 is 5.56 Å². The second kappa shape index (κ2) is 6.10. The predicted molar refractivity (Wildman–Crippen MR) is 90.3 cm³/mol. The van der Waals surface area contributed by atoms with Crippen LogP contribution in [0.5, 0.6) is 0 Å². The number of benzene rings is 1. The summed E-state index contributed by atoms with van der Waals surface area (Å²) < 4.78 is 6.24. The topological polar surface area (TPSA) is 114 Å². The molecule has 132 valence electrons. The van der Waals surface area contributed by atoms with Gasteiger partial charge in [-0.15, -0.1) is 0 Å². The highest BCUT2D eigenvalue weighted by molar-refractivity contribution is 5.95. The standard InChI is InChI=1S/C17H15N5O4/c1-10-18-16(26-20-10)12-8-21(9-12)17(25)11-3-2-4-13(7-11)22-15(24)6-5-14(23)19-22/h2-7,12H,8-9H2,1H3,(H,19,23). The van der Waals surface area contributed by atoms with Crippen LogP contribution in [-0.2, 0) is 0 Å². The number of carbonyl (C=O) groups excluding carboxylic acids is 1. The van der Waals surface area contributed by atoms with Gasteiger partial charge < -0.3 is 9.42 Å². The highest BCUT2D eigenvalue weighted by Crippen LogP contribution is 2.27. The second-order valence-corrected chi connectivity index (χ2v) is 6.12. The van der Waals surface area contributed by atoms with Crippen molar-refractivity contribution in [1.82, 2.24) is 24.8 Å². The van der Waals surface area contributed by atoms with E-state index in [2.05, 4.69) is 15.2 Å². The van der Waals surface area contributed by atoms with E-state index in [1.54, 1.807) is 36.1 Å². The minimum Gasteiger partial charge on any atom is -0.339 e. The molecule has 1 aliphatic heterocycles. The summed E-state index contributed by atoms with van der Waals surface area (Å²) >= 11 is 0. The molecule has 9 heteroatoms. The lowest BCUT2D eigenvalue weighted by Gasteiger charge is -2.37. The molecule has 1 N–H and O–H groups in total. The van der Waals surface area contributed by atoms with Gasteiger partial charge in [0.15, 0.2) is 5.82 Å². The average molecular weight is 353 g/mol. The number of hydrogen-bond acceptors (Lipinski definition) is 6. The van der Waals surface area contributed by atoms with Crippen LogP contribution in [0.2, 0.25) is 0 Å². The Bertz CT molecular complexity index is 1090. The monoisotopic (exact) mass is 353 g/mol. The SMILES string of the molecule is Cc1noc(C2CN(C(=O)c3cccc(-n4[nH]c(=O)ccc4=O)c3)C2)n1. The molecule has 0 atom stereocenters. The lowest BCUT2D eigenvalue weighted by Crippen LogP contribution is -2.48. The molecule has 26 heavy (non-hydrogen) atoms. The fourth-order valence-electron chi connectivity index (χ4n) is 2.86. The molecule has 0 spiro atoms. The van der Waals surface area contributed by atoms with Crippen LogP contribution in [0.15, 0.2) is 50.5 Å². The molecule has 3 heterocycles. The predicted octanol–water partition coefficient (Wildman–Crippen LogP) is 0.457. The van der Waals surface area contributed by atoms with Crippen molar-refractivity contribution in [2.75, 3.05) is 13.1 Å². The van der Waals surface area contributed by atoms with Crippen molar-refractivity contribution in [1.29, 1.82) is 0 Å². The molecule has 0 unspecified atom stereocenters. The number of carbonyl (C=O) groups is 1. The quantitative estimate of drug-likeness (QED) is 0.731. The third-order valence-electron chi connectivity index (χ3n) is 4.23. The molecule has 0 aliphatic carbocycles. The van der Waals surface area contributed by atoms with Crippen LogP contribution in [0, 0.1) is 6.92 Å². The molecule has 1 amide bonds. The minimum absolute atomic E-state index is 0.0384. The van der Waals surface area contributed by atoms with Crippen molar-refractivity contribution >= 4 is 5.91 Å². The molecule has 3 aromatic rings. The number of hydrogen-bond donors (Lipinski definition) is 1. The fraction of sp³-hybridized carbons (Fsp3) is 0.235. The summed E-state index contributed by atoms with van der Waals surface area (Å²) in [5.41, 5.74) is 0.0640. The molecule has 1 fully saturated rings. The highest BCUT2D eigenvalue weighted by atomic mass is 16.5. The third-order valence-corrected chi connectivity index (χ3v) is 4.23. The first-order valence-electron chi connectivity index (χ1n) is 8.03. The summed E-state index contributed by atoms with van der Waals surface area (Å²) in [6, 6.07) is 8.90. The first-order valence-corrected chi connectivity index (χ1v) is 8.03. The molecule has 1 aromatic carbocycles. The zero-order chi connectivity index (χ0) is 18.3.